The molecule has 13 rings (SSSR count). The second kappa shape index (κ2) is 12.5. The summed E-state index contributed by atoms with van der Waals surface area (Å²) in [6, 6.07) is 64.1. The van der Waals surface area contributed by atoms with Gasteiger partial charge in [0.05, 0.1) is 22.2 Å². The maximum atomic E-state index is 5.35. The van der Waals surface area contributed by atoms with Crippen molar-refractivity contribution >= 4 is 107 Å². The van der Waals surface area contributed by atoms with E-state index in [-0.39, 0.29) is 0 Å². The van der Waals surface area contributed by atoms with Crippen molar-refractivity contribution in [2.75, 3.05) is 0 Å². The van der Waals surface area contributed by atoms with Crippen molar-refractivity contribution in [2.45, 2.75) is 0 Å². The molecule has 0 unspecified atom stereocenters. The molecule has 0 N–H and O–H groups in total. The van der Waals surface area contributed by atoms with E-state index in [4.69, 9.17) is 15.0 Å². The lowest BCUT2D eigenvalue weighted by Crippen LogP contribution is -1.91. The standard InChI is InChI=1S/C55H31N3S/c1-2-13-39-38(12-1)47-30-34(19-21-40(47)41-22-20-35(31-48(39)41)37-26-28-57-54-43(37)23-18-32-11-8-27-56-53(32)54)33-9-7-10-36(29-33)52-46-25-24-44-42-14-4-6-17-50(42)59-55(44)51(46)45-15-3-5-16-49(45)58-52/h1-31H. The molecule has 0 atom stereocenters. The molecule has 0 aliphatic rings. The van der Waals surface area contributed by atoms with Gasteiger partial charge in [0, 0.05) is 65.1 Å². The Morgan fingerprint density at radius 3 is 1.86 bits per heavy atom. The Hall–Kier alpha value is -7.53. The van der Waals surface area contributed by atoms with Gasteiger partial charge in [0.15, 0.2) is 0 Å². The van der Waals surface area contributed by atoms with Gasteiger partial charge in [-0.3, -0.25) is 9.97 Å². The van der Waals surface area contributed by atoms with Crippen LogP contribution in [-0.2, 0) is 0 Å². The summed E-state index contributed by atoms with van der Waals surface area (Å²) < 4.78 is 2.63. The van der Waals surface area contributed by atoms with Crippen LogP contribution in [0.5, 0.6) is 0 Å². The van der Waals surface area contributed by atoms with E-state index < -0.39 is 0 Å². The molecule has 0 saturated heterocycles. The van der Waals surface area contributed by atoms with Crippen molar-refractivity contribution in [1.82, 2.24) is 15.0 Å². The topological polar surface area (TPSA) is 38.7 Å². The van der Waals surface area contributed by atoms with E-state index in [1.54, 1.807) is 0 Å². The minimum absolute atomic E-state index is 0.929. The van der Waals surface area contributed by atoms with Gasteiger partial charge in [-0.2, -0.15) is 0 Å². The second-order valence-electron chi connectivity index (χ2n) is 15.5. The van der Waals surface area contributed by atoms with Crippen molar-refractivity contribution in [3.63, 3.8) is 0 Å². The van der Waals surface area contributed by atoms with Crippen LogP contribution in [0, 0.1) is 0 Å². The number of rotatable bonds is 3. The second-order valence-corrected chi connectivity index (χ2v) is 16.5. The Balaban J connectivity index is 0.974. The minimum Gasteiger partial charge on any atom is -0.254 e. The first-order chi connectivity index (χ1) is 29.2. The van der Waals surface area contributed by atoms with Crippen LogP contribution in [0.25, 0.3) is 129 Å². The summed E-state index contributed by atoms with van der Waals surface area (Å²) in [4.78, 5) is 14.8. The molecule has 0 amide bonds. The summed E-state index contributed by atoms with van der Waals surface area (Å²) in [6.07, 6.45) is 3.76. The van der Waals surface area contributed by atoms with Crippen LogP contribution in [0.4, 0.5) is 0 Å². The van der Waals surface area contributed by atoms with Crippen molar-refractivity contribution in [3.8, 4) is 33.5 Å². The number of thiophene rings is 1. The molecule has 0 radical (unpaired) electrons. The molecule has 59 heavy (non-hydrogen) atoms. The van der Waals surface area contributed by atoms with E-state index >= 15 is 0 Å². The highest BCUT2D eigenvalue weighted by molar-refractivity contribution is 7.26. The van der Waals surface area contributed by atoms with Gasteiger partial charge in [-0.25, -0.2) is 4.98 Å². The van der Waals surface area contributed by atoms with Gasteiger partial charge < -0.3 is 0 Å². The summed E-state index contributed by atoms with van der Waals surface area (Å²) >= 11 is 1.88. The van der Waals surface area contributed by atoms with Crippen LogP contribution in [0.15, 0.2) is 188 Å². The van der Waals surface area contributed by atoms with Crippen molar-refractivity contribution in [2.24, 2.45) is 0 Å². The monoisotopic (exact) mass is 765 g/mol. The van der Waals surface area contributed by atoms with Crippen LogP contribution < -0.4 is 0 Å². The molecule has 272 valence electrons. The first kappa shape index (κ1) is 32.5. The summed E-state index contributed by atoms with van der Waals surface area (Å²) in [5.41, 5.74) is 9.68. The smallest absolute Gasteiger partial charge is 0.0970 e. The number of benzene rings is 9. The first-order valence-corrected chi connectivity index (χ1v) is 20.8. The molecule has 4 aromatic heterocycles. The summed E-state index contributed by atoms with van der Waals surface area (Å²) in [7, 11) is 0. The highest BCUT2D eigenvalue weighted by Gasteiger charge is 2.18. The number of para-hydroxylation sites is 1. The Morgan fingerprint density at radius 2 is 1.00 bits per heavy atom. The van der Waals surface area contributed by atoms with E-state index in [2.05, 4.69) is 170 Å². The van der Waals surface area contributed by atoms with Crippen molar-refractivity contribution < 1.29 is 0 Å². The normalized spacial score (nSPS) is 12.1. The van der Waals surface area contributed by atoms with E-state index in [1.807, 2.05) is 29.8 Å². The molecule has 4 heterocycles. The van der Waals surface area contributed by atoms with Crippen LogP contribution in [-0.4, -0.2) is 15.0 Å². The average molecular weight is 766 g/mol. The molecule has 0 aliphatic heterocycles. The van der Waals surface area contributed by atoms with Crippen LogP contribution in [0.1, 0.15) is 0 Å². The molecule has 0 saturated carbocycles. The number of hydrogen-bond donors (Lipinski definition) is 0. The Bertz CT molecular complexity index is 3900. The third-order valence-electron chi connectivity index (χ3n) is 12.3. The zero-order valence-electron chi connectivity index (χ0n) is 31.6. The lowest BCUT2D eigenvalue weighted by atomic mass is 9.89. The number of nitrogens with zero attached hydrogens (tertiary/aromatic N) is 3. The first-order valence-electron chi connectivity index (χ1n) is 20.0. The fourth-order valence-corrected chi connectivity index (χ4v) is 10.9. The highest BCUT2D eigenvalue weighted by atomic mass is 32.1. The van der Waals surface area contributed by atoms with E-state index in [1.165, 1.54) is 85.3 Å². The number of aromatic nitrogens is 3. The fourth-order valence-electron chi connectivity index (χ4n) is 9.59. The number of hydrogen-bond acceptors (Lipinski definition) is 4. The van der Waals surface area contributed by atoms with Gasteiger partial charge in [0.1, 0.15) is 0 Å². The molecule has 0 fully saturated rings. The third kappa shape index (κ3) is 4.84. The van der Waals surface area contributed by atoms with Gasteiger partial charge in [-0.1, -0.05) is 133 Å². The predicted octanol–water partition coefficient (Wildman–Crippen LogP) is 15.3. The maximum Gasteiger partial charge on any atom is 0.0970 e. The summed E-state index contributed by atoms with van der Waals surface area (Å²) in [5.74, 6) is 0. The maximum absolute atomic E-state index is 5.35. The highest BCUT2D eigenvalue weighted by Crippen LogP contribution is 2.45. The molecule has 3 nitrogen and oxygen atoms in total. The van der Waals surface area contributed by atoms with Gasteiger partial charge >= 0.3 is 0 Å². The molecular weight excluding hydrogens is 735 g/mol. The SMILES string of the molecule is c1cc(-c2ccc3c4ccc(-c5ccnc6c5ccc5cccnc56)cc4c4ccccc4c3c2)cc(-c2nc3ccccc3c3c2ccc2c4ccccc4sc23)c1. The molecule has 0 bridgehead atoms. The molecule has 4 heteroatoms. The Kier molecular flexibility index (Phi) is 6.89. The fraction of sp³-hybridized carbons (Fsp3) is 0. The van der Waals surface area contributed by atoms with Gasteiger partial charge in [0.2, 0.25) is 0 Å². The van der Waals surface area contributed by atoms with Crippen molar-refractivity contribution in [1.29, 1.82) is 0 Å². The zero-order chi connectivity index (χ0) is 38.6. The van der Waals surface area contributed by atoms with Crippen LogP contribution in [0.2, 0.25) is 0 Å². The zero-order valence-corrected chi connectivity index (χ0v) is 32.5. The molecule has 0 aliphatic carbocycles. The number of pyridine rings is 3. The quantitative estimate of drug-likeness (QED) is 0.168. The average Bonchev–Trinajstić information content (AvgIpc) is 3.70. The third-order valence-corrected chi connectivity index (χ3v) is 13.5. The lowest BCUT2D eigenvalue weighted by Gasteiger charge is -2.15. The molecule has 0 spiro atoms. The van der Waals surface area contributed by atoms with Crippen molar-refractivity contribution in [3.05, 3.63) is 188 Å². The van der Waals surface area contributed by atoms with Crippen LogP contribution >= 0.6 is 11.3 Å². The lowest BCUT2D eigenvalue weighted by molar-refractivity contribution is 1.37. The Morgan fingerprint density at radius 1 is 0.356 bits per heavy atom. The number of fused-ring (bicyclic) bond motifs is 16. The molecular formula is C55H31N3S. The van der Waals surface area contributed by atoms with Crippen LogP contribution in [0.3, 0.4) is 0 Å². The summed E-state index contributed by atoms with van der Waals surface area (Å²) in [6.45, 7) is 0. The van der Waals surface area contributed by atoms with Gasteiger partial charge in [-0.15, -0.1) is 11.3 Å². The van der Waals surface area contributed by atoms with E-state index in [0.29, 0.717) is 0 Å². The molecule has 13 aromatic rings. The predicted molar refractivity (Wildman–Crippen MR) is 252 cm³/mol. The summed E-state index contributed by atoms with van der Waals surface area (Å²) in [5, 5.41) is 15.9. The molecule has 9 aromatic carbocycles. The van der Waals surface area contributed by atoms with Gasteiger partial charge in [0.25, 0.3) is 0 Å². The minimum atomic E-state index is 0.929. The van der Waals surface area contributed by atoms with E-state index in [9.17, 15) is 0 Å². The van der Waals surface area contributed by atoms with E-state index in [0.717, 1.165) is 44.1 Å². The Labute approximate surface area is 342 Å². The van der Waals surface area contributed by atoms with Gasteiger partial charge in [-0.05, 0) is 97.0 Å². The largest absolute Gasteiger partial charge is 0.254 e.